The molecule has 0 spiro atoms. The van der Waals surface area contributed by atoms with Gasteiger partial charge in [-0.1, -0.05) is 84.4 Å². The van der Waals surface area contributed by atoms with Crippen LogP contribution in [0.4, 0.5) is 0 Å². The Bertz CT molecular complexity index is 753. The summed E-state index contributed by atoms with van der Waals surface area (Å²) >= 11 is 0. The summed E-state index contributed by atoms with van der Waals surface area (Å²) in [4.78, 5) is 12.4. The van der Waals surface area contributed by atoms with Crippen LogP contribution in [0.1, 0.15) is 32.6 Å². The summed E-state index contributed by atoms with van der Waals surface area (Å²) in [7, 11) is 0. The Balaban J connectivity index is 1.75. The first-order valence-electron chi connectivity index (χ1n) is 7.46. The third-order valence-electron chi connectivity index (χ3n) is 3.78. The molecule has 0 atom stereocenters. The first kappa shape index (κ1) is 14.3. The van der Waals surface area contributed by atoms with Gasteiger partial charge in [0.25, 0.3) is 0 Å². The van der Waals surface area contributed by atoms with E-state index in [4.69, 9.17) is 0 Å². The second-order valence-electron chi connectivity index (χ2n) is 5.55. The molecular weight excluding hydrogens is 268 g/mol. The summed E-state index contributed by atoms with van der Waals surface area (Å²) in [6.45, 7) is 2.09. The largest absolute Gasteiger partial charge is 0.289 e. The molecule has 0 bridgehead atoms. The summed E-state index contributed by atoms with van der Waals surface area (Å²) in [5, 5.41) is 0. The molecule has 0 aliphatic heterocycles. The molecule has 3 aromatic carbocycles. The molecule has 0 saturated carbocycles. The molecule has 0 aromatic heterocycles. The van der Waals surface area contributed by atoms with E-state index < -0.39 is 0 Å². The van der Waals surface area contributed by atoms with Gasteiger partial charge in [-0.25, -0.2) is 0 Å². The fraction of sp³-hybridized carbons (Fsp3) is 0.0952. The molecule has 3 aromatic rings. The van der Waals surface area contributed by atoms with E-state index in [-0.39, 0.29) is 5.78 Å². The van der Waals surface area contributed by atoms with E-state index in [1.165, 1.54) is 16.7 Å². The molecule has 0 aliphatic rings. The molecule has 0 heterocycles. The van der Waals surface area contributed by atoms with Gasteiger partial charge >= 0.3 is 0 Å². The van der Waals surface area contributed by atoms with Crippen LogP contribution in [-0.2, 0) is 6.42 Å². The molecule has 1 nitrogen and oxygen atoms in total. The maximum atomic E-state index is 12.4. The standard InChI is InChI=1S/C21H18O/c1-16-7-9-17(10-8-16)15-18-11-13-20(14-12-18)21(22)19-5-3-2-4-6-19/h2-14H,15H2,1H3. The van der Waals surface area contributed by atoms with E-state index in [1.54, 1.807) is 0 Å². The van der Waals surface area contributed by atoms with E-state index >= 15 is 0 Å². The van der Waals surface area contributed by atoms with E-state index in [0.29, 0.717) is 0 Å². The Hall–Kier alpha value is -2.67. The maximum Gasteiger partial charge on any atom is 0.193 e. The zero-order valence-corrected chi connectivity index (χ0v) is 12.6. The normalized spacial score (nSPS) is 10.4. The van der Waals surface area contributed by atoms with Crippen molar-refractivity contribution in [1.29, 1.82) is 0 Å². The van der Waals surface area contributed by atoms with Crippen LogP contribution in [0.5, 0.6) is 0 Å². The number of carbonyl (C=O) groups excluding carboxylic acids is 1. The fourth-order valence-corrected chi connectivity index (χ4v) is 2.47. The van der Waals surface area contributed by atoms with Gasteiger partial charge in [0.15, 0.2) is 5.78 Å². The molecular formula is C21H18O. The van der Waals surface area contributed by atoms with Gasteiger partial charge in [-0.3, -0.25) is 4.79 Å². The molecule has 0 unspecified atom stereocenters. The summed E-state index contributed by atoms with van der Waals surface area (Å²) in [5.41, 5.74) is 5.24. The number of hydrogen-bond donors (Lipinski definition) is 0. The summed E-state index contributed by atoms with van der Waals surface area (Å²) in [6.07, 6.45) is 0.889. The summed E-state index contributed by atoms with van der Waals surface area (Å²) in [6, 6.07) is 25.9. The smallest absolute Gasteiger partial charge is 0.193 e. The van der Waals surface area contributed by atoms with Gasteiger partial charge in [0.1, 0.15) is 0 Å². The zero-order chi connectivity index (χ0) is 15.4. The van der Waals surface area contributed by atoms with E-state index in [1.807, 2.05) is 54.6 Å². The third-order valence-corrected chi connectivity index (χ3v) is 3.78. The maximum absolute atomic E-state index is 12.4. The van der Waals surface area contributed by atoms with Gasteiger partial charge in [0.05, 0.1) is 0 Å². The predicted octanol–water partition coefficient (Wildman–Crippen LogP) is 4.82. The Kier molecular flexibility index (Phi) is 4.15. The second-order valence-corrected chi connectivity index (χ2v) is 5.55. The van der Waals surface area contributed by atoms with Crippen LogP contribution in [0.2, 0.25) is 0 Å². The monoisotopic (exact) mass is 286 g/mol. The molecule has 0 aliphatic carbocycles. The van der Waals surface area contributed by atoms with Gasteiger partial charge in [0.2, 0.25) is 0 Å². The average Bonchev–Trinajstić information content (AvgIpc) is 2.58. The molecule has 0 radical (unpaired) electrons. The van der Waals surface area contributed by atoms with Crippen LogP contribution in [0.3, 0.4) is 0 Å². The number of ketones is 1. The molecule has 0 N–H and O–H groups in total. The minimum atomic E-state index is 0.0717. The summed E-state index contributed by atoms with van der Waals surface area (Å²) < 4.78 is 0. The fourth-order valence-electron chi connectivity index (χ4n) is 2.47. The molecule has 22 heavy (non-hydrogen) atoms. The molecule has 0 fully saturated rings. The lowest BCUT2D eigenvalue weighted by Crippen LogP contribution is -2.01. The Morgan fingerprint density at radius 3 is 1.77 bits per heavy atom. The van der Waals surface area contributed by atoms with E-state index in [0.717, 1.165) is 17.5 Å². The molecule has 108 valence electrons. The number of aryl methyl sites for hydroxylation is 1. The molecule has 3 rings (SSSR count). The lowest BCUT2D eigenvalue weighted by atomic mass is 9.99. The van der Waals surface area contributed by atoms with Gasteiger partial charge in [-0.15, -0.1) is 0 Å². The van der Waals surface area contributed by atoms with Crippen LogP contribution < -0.4 is 0 Å². The predicted molar refractivity (Wildman–Crippen MR) is 90.3 cm³/mol. The van der Waals surface area contributed by atoms with Gasteiger partial charge in [0, 0.05) is 11.1 Å². The quantitative estimate of drug-likeness (QED) is 0.629. The molecule has 1 heteroatoms. The van der Waals surface area contributed by atoms with Crippen molar-refractivity contribution < 1.29 is 4.79 Å². The van der Waals surface area contributed by atoms with Crippen molar-refractivity contribution in [2.45, 2.75) is 13.3 Å². The van der Waals surface area contributed by atoms with Crippen molar-refractivity contribution in [3.8, 4) is 0 Å². The van der Waals surface area contributed by atoms with Crippen molar-refractivity contribution in [3.63, 3.8) is 0 Å². The second kappa shape index (κ2) is 6.40. The lowest BCUT2D eigenvalue weighted by molar-refractivity contribution is 0.103. The van der Waals surface area contributed by atoms with Gasteiger partial charge < -0.3 is 0 Å². The van der Waals surface area contributed by atoms with Crippen molar-refractivity contribution in [2.75, 3.05) is 0 Å². The molecule has 0 amide bonds. The average molecular weight is 286 g/mol. The number of hydrogen-bond acceptors (Lipinski definition) is 1. The zero-order valence-electron chi connectivity index (χ0n) is 12.6. The topological polar surface area (TPSA) is 17.1 Å². The van der Waals surface area contributed by atoms with Gasteiger partial charge in [-0.2, -0.15) is 0 Å². The highest BCUT2D eigenvalue weighted by molar-refractivity contribution is 6.08. The van der Waals surface area contributed by atoms with E-state index in [9.17, 15) is 4.79 Å². The number of rotatable bonds is 4. The molecule has 0 saturated heterocycles. The Morgan fingerprint density at radius 2 is 1.18 bits per heavy atom. The Labute approximate surface area is 131 Å². The third kappa shape index (κ3) is 3.32. The SMILES string of the molecule is Cc1ccc(Cc2ccc(C(=O)c3ccccc3)cc2)cc1. The van der Waals surface area contributed by atoms with Crippen LogP contribution in [-0.4, -0.2) is 5.78 Å². The minimum Gasteiger partial charge on any atom is -0.289 e. The highest BCUT2D eigenvalue weighted by Crippen LogP contribution is 2.14. The van der Waals surface area contributed by atoms with E-state index in [2.05, 4.69) is 31.2 Å². The Morgan fingerprint density at radius 1 is 0.682 bits per heavy atom. The van der Waals surface area contributed by atoms with Crippen LogP contribution in [0.15, 0.2) is 78.9 Å². The van der Waals surface area contributed by atoms with Crippen LogP contribution >= 0.6 is 0 Å². The van der Waals surface area contributed by atoms with Gasteiger partial charge in [-0.05, 0) is 24.5 Å². The minimum absolute atomic E-state index is 0.0717. The first-order chi connectivity index (χ1) is 10.7. The highest BCUT2D eigenvalue weighted by atomic mass is 16.1. The van der Waals surface area contributed by atoms with Crippen molar-refractivity contribution in [1.82, 2.24) is 0 Å². The van der Waals surface area contributed by atoms with Crippen LogP contribution in [0, 0.1) is 6.92 Å². The van der Waals surface area contributed by atoms with Crippen molar-refractivity contribution in [2.24, 2.45) is 0 Å². The highest BCUT2D eigenvalue weighted by Gasteiger charge is 2.08. The van der Waals surface area contributed by atoms with Crippen molar-refractivity contribution >= 4 is 5.78 Å². The summed E-state index contributed by atoms with van der Waals surface area (Å²) in [5.74, 6) is 0.0717. The number of benzene rings is 3. The van der Waals surface area contributed by atoms with Crippen LogP contribution in [0.25, 0.3) is 0 Å². The lowest BCUT2D eigenvalue weighted by Gasteiger charge is -2.05. The first-order valence-corrected chi connectivity index (χ1v) is 7.46. The van der Waals surface area contributed by atoms with Crippen molar-refractivity contribution in [3.05, 3.63) is 107 Å². The number of carbonyl (C=O) groups is 1.